The second kappa shape index (κ2) is 14.6. The van der Waals surface area contributed by atoms with E-state index in [-0.39, 0.29) is 32.9 Å². The van der Waals surface area contributed by atoms with E-state index in [9.17, 15) is 23.1 Å². The molecule has 0 saturated heterocycles. The number of benzene rings is 2. The third-order valence-corrected chi connectivity index (χ3v) is 8.73. The van der Waals surface area contributed by atoms with Crippen molar-refractivity contribution in [1.29, 1.82) is 0 Å². The van der Waals surface area contributed by atoms with Crippen LogP contribution in [0.4, 0.5) is 22.2 Å². The number of anilines is 3. The molecule has 0 radical (unpaired) electrons. The van der Waals surface area contributed by atoms with Crippen molar-refractivity contribution >= 4 is 62.6 Å². The number of nitrogens with zero attached hydrogens (tertiary/aromatic N) is 4. The fraction of sp³-hybridized carbons (Fsp3) is 0.357. The van der Waals surface area contributed by atoms with Gasteiger partial charge in [-0.05, 0) is 56.7 Å². The molecular formula is C28H34Cl2N6O6S. The molecule has 2 aromatic carbocycles. The number of amides is 1. The van der Waals surface area contributed by atoms with E-state index in [1.165, 1.54) is 36.2 Å². The van der Waals surface area contributed by atoms with Gasteiger partial charge in [0.05, 0.1) is 16.8 Å². The minimum absolute atomic E-state index is 0.0378. The van der Waals surface area contributed by atoms with E-state index in [0.29, 0.717) is 30.4 Å². The van der Waals surface area contributed by atoms with Crippen LogP contribution in [0.15, 0.2) is 53.6 Å². The summed E-state index contributed by atoms with van der Waals surface area (Å²) in [5, 5.41) is 15.1. The van der Waals surface area contributed by atoms with E-state index < -0.39 is 33.3 Å². The monoisotopic (exact) mass is 652 g/mol. The SMILES string of the molecule is CCN(CC)c1ncc(NC(C)S(=O)(=O)c2cc(Cl)cc(Cl)c2)c(NC(Cc2ccc(OC(=O)N(C)C)cc2)C(=O)O)n1. The summed E-state index contributed by atoms with van der Waals surface area (Å²) in [6, 6.07) is 9.32. The average molecular weight is 654 g/mol. The van der Waals surface area contributed by atoms with Crippen molar-refractivity contribution < 1.29 is 27.9 Å². The summed E-state index contributed by atoms with van der Waals surface area (Å²) in [5.41, 5.74) is 0.822. The molecule has 0 saturated carbocycles. The highest BCUT2D eigenvalue weighted by Gasteiger charge is 2.27. The first-order valence-corrected chi connectivity index (χ1v) is 15.6. The normalized spacial score (nSPS) is 12.6. The summed E-state index contributed by atoms with van der Waals surface area (Å²) in [5.74, 6) is -0.408. The number of hydrogen-bond acceptors (Lipinski definition) is 10. The van der Waals surface area contributed by atoms with E-state index in [1.54, 1.807) is 38.4 Å². The van der Waals surface area contributed by atoms with Crippen molar-refractivity contribution in [2.24, 2.45) is 0 Å². The van der Waals surface area contributed by atoms with E-state index in [0.717, 1.165) is 0 Å². The topological polar surface area (TPSA) is 154 Å². The first-order valence-electron chi connectivity index (χ1n) is 13.3. The highest BCUT2D eigenvalue weighted by Crippen LogP contribution is 2.29. The van der Waals surface area contributed by atoms with E-state index in [1.807, 2.05) is 18.7 Å². The molecule has 3 N–H and O–H groups in total. The highest BCUT2D eigenvalue weighted by atomic mass is 35.5. The second-order valence-electron chi connectivity index (χ2n) is 9.69. The molecule has 3 rings (SSSR count). The Hall–Kier alpha value is -3.81. The van der Waals surface area contributed by atoms with Gasteiger partial charge in [-0.2, -0.15) is 4.98 Å². The van der Waals surface area contributed by atoms with Crippen molar-refractivity contribution in [2.45, 2.75) is 43.5 Å². The number of nitrogens with one attached hydrogen (secondary N) is 2. The number of aromatic nitrogens is 2. The Morgan fingerprint density at radius 3 is 2.16 bits per heavy atom. The lowest BCUT2D eigenvalue weighted by atomic mass is 10.1. The van der Waals surface area contributed by atoms with Crippen molar-refractivity contribution in [2.75, 3.05) is 42.7 Å². The number of carbonyl (C=O) groups excluding carboxylic acids is 1. The first kappa shape index (κ1) is 33.7. The Morgan fingerprint density at radius 2 is 1.63 bits per heavy atom. The molecule has 0 aliphatic carbocycles. The van der Waals surface area contributed by atoms with Crippen molar-refractivity contribution in [3.63, 3.8) is 0 Å². The summed E-state index contributed by atoms with van der Waals surface area (Å²) in [6.45, 7) is 6.48. The number of carboxylic acids is 1. The highest BCUT2D eigenvalue weighted by molar-refractivity contribution is 7.92. The zero-order valence-corrected chi connectivity index (χ0v) is 26.7. The third kappa shape index (κ3) is 8.85. The van der Waals surface area contributed by atoms with Gasteiger partial charge in [0.25, 0.3) is 0 Å². The van der Waals surface area contributed by atoms with Crippen molar-refractivity contribution in [3.05, 3.63) is 64.3 Å². The molecule has 43 heavy (non-hydrogen) atoms. The van der Waals surface area contributed by atoms with Crippen molar-refractivity contribution in [3.8, 4) is 5.75 Å². The minimum atomic E-state index is -3.98. The molecule has 0 spiro atoms. The predicted octanol–water partition coefficient (Wildman–Crippen LogP) is 5.03. The van der Waals surface area contributed by atoms with E-state index in [4.69, 9.17) is 27.9 Å². The number of rotatable bonds is 13. The molecule has 3 aromatic rings. The quantitative estimate of drug-likeness (QED) is 0.228. The van der Waals surface area contributed by atoms with Crippen molar-refractivity contribution in [1.82, 2.24) is 14.9 Å². The van der Waals surface area contributed by atoms with Crippen LogP contribution in [0.3, 0.4) is 0 Å². The predicted molar refractivity (Wildman–Crippen MR) is 167 cm³/mol. The number of hydrogen-bond donors (Lipinski definition) is 3. The summed E-state index contributed by atoms with van der Waals surface area (Å²) in [4.78, 5) is 36.2. The molecule has 2 atom stereocenters. The molecular weight excluding hydrogens is 619 g/mol. The van der Waals surface area contributed by atoms with E-state index in [2.05, 4.69) is 20.6 Å². The molecule has 0 bridgehead atoms. The maximum absolute atomic E-state index is 13.3. The van der Waals surface area contributed by atoms with Gasteiger partial charge in [-0.3, -0.25) is 0 Å². The van der Waals surface area contributed by atoms with Gasteiger partial charge in [-0.15, -0.1) is 0 Å². The van der Waals surface area contributed by atoms with E-state index >= 15 is 0 Å². The molecule has 0 aliphatic heterocycles. The van der Waals surface area contributed by atoms with Crippen LogP contribution in [0.1, 0.15) is 26.3 Å². The van der Waals surface area contributed by atoms with Gasteiger partial charge in [0, 0.05) is 43.7 Å². The summed E-state index contributed by atoms with van der Waals surface area (Å²) in [6.07, 6.45) is 0.906. The van der Waals surface area contributed by atoms with Crippen LogP contribution in [0.5, 0.6) is 5.75 Å². The molecule has 1 amide bonds. The summed E-state index contributed by atoms with van der Waals surface area (Å²) < 4.78 is 31.9. The Morgan fingerprint density at radius 1 is 1.02 bits per heavy atom. The molecule has 2 unspecified atom stereocenters. The Kier molecular flexibility index (Phi) is 11.4. The molecule has 1 heterocycles. The number of sulfone groups is 1. The fourth-order valence-electron chi connectivity index (χ4n) is 3.93. The minimum Gasteiger partial charge on any atom is -0.480 e. The van der Waals surface area contributed by atoms with Crippen LogP contribution in [0.25, 0.3) is 0 Å². The molecule has 15 heteroatoms. The summed E-state index contributed by atoms with van der Waals surface area (Å²) in [7, 11) is -0.855. The van der Waals surface area contributed by atoms with Crippen LogP contribution in [0, 0.1) is 0 Å². The Bertz CT molecular complexity index is 1530. The van der Waals surface area contributed by atoms with Crippen LogP contribution in [-0.4, -0.2) is 79.1 Å². The van der Waals surface area contributed by atoms with Gasteiger partial charge in [0.15, 0.2) is 15.7 Å². The fourth-order valence-corrected chi connectivity index (χ4v) is 5.86. The zero-order valence-electron chi connectivity index (χ0n) is 24.3. The first-order chi connectivity index (χ1) is 20.2. The van der Waals surface area contributed by atoms with Crippen LogP contribution < -0.4 is 20.3 Å². The third-order valence-electron chi connectivity index (χ3n) is 6.35. The molecule has 0 fully saturated rings. The molecule has 12 nitrogen and oxygen atoms in total. The average Bonchev–Trinajstić information content (AvgIpc) is 2.94. The Labute approximate surface area is 260 Å². The second-order valence-corrected chi connectivity index (χ2v) is 12.8. The number of ether oxygens (including phenoxy) is 1. The lowest BCUT2D eigenvalue weighted by molar-refractivity contribution is -0.137. The number of halogens is 2. The number of aliphatic carboxylic acids is 1. The standard InChI is InChI=1S/C28H34Cl2N6O6S/c1-6-36(7-2)27-31-16-24(32-17(3)43(40,41)22-14-19(29)13-20(30)15-22)25(34-27)33-23(26(37)38)12-18-8-10-21(11-9-18)42-28(39)35(4)5/h8-11,13-17,23,32H,6-7,12H2,1-5H3,(H,37,38)(H,31,33,34). The number of carboxylic acid groups (broad SMARTS) is 1. The molecule has 1 aromatic heterocycles. The lowest BCUT2D eigenvalue weighted by Crippen LogP contribution is -2.34. The largest absolute Gasteiger partial charge is 0.480 e. The maximum atomic E-state index is 13.3. The van der Waals surface area contributed by atoms with Crippen LogP contribution >= 0.6 is 23.2 Å². The smallest absolute Gasteiger partial charge is 0.414 e. The number of carbonyl (C=O) groups is 2. The van der Waals surface area contributed by atoms with Crippen LogP contribution in [0.2, 0.25) is 10.0 Å². The zero-order chi connectivity index (χ0) is 31.9. The molecule has 232 valence electrons. The van der Waals surface area contributed by atoms with Gasteiger partial charge in [-0.1, -0.05) is 35.3 Å². The lowest BCUT2D eigenvalue weighted by Gasteiger charge is -2.24. The Balaban J connectivity index is 1.92. The van der Waals surface area contributed by atoms with Gasteiger partial charge < -0.3 is 30.3 Å². The summed E-state index contributed by atoms with van der Waals surface area (Å²) >= 11 is 12.1. The van der Waals surface area contributed by atoms with Gasteiger partial charge in [0.1, 0.15) is 17.2 Å². The van der Waals surface area contributed by atoms with Gasteiger partial charge in [-0.25, -0.2) is 23.0 Å². The van der Waals surface area contributed by atoms with Crippen LogP contribution in [-0.2, 0) is 21.1 Å². The maximum Gasteiger partial charge on any atom is 0.414 e. The van der Waals surface area contributed by atoms with Gasteiger partial charge >= 0.3 is 12.1 Å². The van der Waals surface area contributed by atoms with Gasteiger partial charge in [0.2, 0.25) is 5.95 Å². The molecule has 0 aliphatic rings.